The van der Waals surface area contributed by atoms with Crippen LogP contribution in [0.25, 0.3) is 0 Å². The van der Waals surface area contributed by atoms with Crippen LogP contribution in [0.2, 0.25) is 0 Å². The largest absolute Gasteiger partial charge is 3.00 e. The Morgan fingerprint density at radius 1 is 0.968 bits per heavy atom. The van der Waals surface area contributed by atoms with Crippen LogP contribution >= 0.6 is 0 Å². The molecule has 2 heterocycles. The molecule has 7 heteroatoms. The third-order valence-corrected chi connectivity index (χ3v) is 5.52. The number of hydrogen-bond donors (Lipinski definition) is 0. The van der Waals surface area contributed by atoms with Crippen molar-refractivity contribution in [3.63, 3.8) is 0 Å². The quantitative estimate of drug-likeness (QED) is 0.242. The predicted molar refractivity (Wildman–Crippen MR) is 128 cm³/mol. The zero-order valence-electron chi connectivity index (χ0n) is 17.4. The molecule has 2 aromatic carbocycles. The van der Waals surface area contributed by atoms with Crippen LogP contribution in [0, 0.1) is 6.07 Å². The van der Waals surface area contributed by atoms with Gasteiger partial charge in [0.1, 0.15) is 5.75 Å². The summed E-state index contributed by atoms with van der Waals surface area (Å²) in [5, 5.41) is 0. The van der Waals surface area contributed by atoms with Crippen molar-refractivity contribution in [1.82, 2.24) is 9.88 Å². The third-order valence-electron chi connectivity index (χ3n) is 4.92. The van der Waals surface area contributed by atoms with E-state index in [4.69, 9.17) is 30.0 Å². The zero-order valence-corrected chi connectivity index (χ0v) is 21.2. The van der Waals surface area contributed by atoms with E-state index in [-0.39, 0.29) is 27.1 Å². The molecule has 0 N–H and O–H groups in total. The van der Waals surface area contributed by atoms with Crippen molar-refractivity contribution >= 4 is 30.9 Å². The fourth-order valence-electron chi connectivity index (χ4n) is 3.22. The summed E-state index contributed by atoms with van der Waals surface area (Å²) >= 11 is 10.2. The fourth-order valence-corrected chi connectivity index (χ4v) is 3.64. The van der Waals surface area contributed by atoms with Gasteiger partial charge in [-0.1, -0.05) is 6.07 Å². The molecule has 0 atom stereocenters. The summed E-state index contributed by atoms with van der Waals surface area (Å²) in [4.78, 5) is 8.76. The van der Waals surface area contributed by atoms with Crippen LogP contribution in [0.1, 0.15) is 11.3 Å². The molecule has 1 fully saturated rings. The molecule has 1 aliphatic heterocycles. The van der Waals surface area contributed by atoms with Crippen LogP contribution in [-0.2, 0) is 54.1 Å². The minimum atomic E-state index is -0.173. The molecular formula is C24H26AuN3OS2. The average Bonchev–Trinajstić information content (AvgIpc) is 2.81. The molecule has 4 rings (SSSR count). The van der Waals surface area contributed by atoms with Gasteiger partial charge in [0.05, 0.1) is 7.11 Å². The summed E-state index contributed by atoms with van der Waals surface area (Å²) in [6, 6.07) is 25.3. The van der Waals surface area contributed by atoms with Gasteiger partial charge in [0.15, 0.2) is 0 Å². The zero-order chi connectivity index (χ0) is 21.2. The molecule has 0 radical (unpaired) electrons. The maximum Gasteiger partial charge on any atom is 3.00 e. The number of methoxy groups -OCH3 is 1. The van der Waals surface area contributed by atoms with Gasteiger partial charge in [0, 0.05) is 43.8 Å². The molecule has 0 spiro atoms. The summed E-state index contributed by atoms with van der Waals surface area (Å²) in [5.41, 5.74) is 3.50. The smallest absolute Gasteiger partial charge is 0.800 e. The van der Waals surface area contributed by atoms with E-state index in [0.29, 0.717) is 0 Å². The van der Waals surface area contributed by atoms with Crippen molar-refractivity contribution in [3.05, 3.63) is 90.3 Å². The maximum absolute atomic E-state index is 5.15. The first-order valence-corrected chi connectivity index (χ1v) is 10.9. The normalized spacial score (nSPS) is 13.7. The Balaban J connectivity index is 0.000000220. The summed E-state index contributed by atoms with van der Waals surface area (Å²) in [6.45, 7) is 3.86. The van der Waals surface area contributed by atoms with E-state index in [1.165, 1.54) is 11.3 Å². The summed E-state index contributed by atoms with van der Waals surface area (Å²) in [7, 11) is 1.68. The molecule has 1 aromatic heterocycles. The minimum absolute atomic E-state index is 0. The Labute approximate surface area is 212 Å². The van der Waals surface area contributed by atoms with Crippen molar-refractivity contribution in [2.75, 3.05) is 38.2 Å². The number of rotatable bonds is 5. The van der Waals surface area contributed by atoms with Gasteiger partial charge in [-0.15, -0.1) is 0 Å². The van der Waals surface area contributed by atoms with E-state index < -0.39 is 0 Å². The Morgan fingerprint density at radius 3 is 2.23 bits per heavy atom. The van der Waals surface area contributed by atoms with Crippen LogP contribution in [0.3, 0.4) is 0 Å². The van der Waals surface area contributed by atoms with Gasteiger partial charge in [-0.25, -0.2) is 4.71 Å². The molecule has 0 aliphatic carbocycles. The summed E-state index contributed by atoms with van der Waals surface area (Å²) in [6.07, 6.45) is 2.68. The van der Waals surface area contributed by atoms with Crippen LogP contribution in [0.4, 0.5) is 5.69 Å². The molecule has 0 bridgehead atoms. The van der Waals surface area contributed by atoms with Gasteiger partial charge in [-0.3, -0.25) is 4.98 Å². The van der Waals surface area contributed by atoms with Crippen molar-refractivity contribution < 1.29 is 27.1 Å². The van der Waals surface area contributed by atoms with E-state index in [9.17, 15) is 0 Å². The van der Waals surface area contributed by atoms with Crippen LogP contribution in [0.15, 0.2) is 72.9 Å². The topological polar surface area (TPSA) is 28.6 Å². The Hall–Kier alpha value is -1.41. The molecule has 1 saturated heterocycles. The van der Waals surface area contributed by atoms with Crippen molar-refractivity contribution in [3.8, 4) is 5.75 Å². The van der Waals surface area contributed by atoms with Gasteiger partial charge in [-0.2, -0.15) is 35.9 Å². The number of benzene rings is 2. The predicted octanol–water partition coefficient (Wildman–Crippen LogP) is 3.66. The number of nitrogens with zero attached hydrogens (tertiary/aromatic N) is 3. The van der Waals surface area contributed by atoms with Crippen molar-refractivity contribution in [1.29, 1.82) is 0 Å². The molecule has 4 nitrogen and oxygen atoms in total. The SMILES string of the molecule is COc1ccc(N2CCN(C([S-])[S-])CC2)cc1.[Au+3].[c-]1ccccc1Cc1ccccn1. The third kappa shape index (κ3) is 8.56. The Morgan fingerprint density at radius 2 is 1.68 bits per heavy atom. The molecule has 0 saturated carbocycles. The first-order chi connectivity index (χ1) is 14.7. The Kier molecular flexibility index (Phi) is 11.6. The number of aromatic nitrogens is 1. The summed E-state index contributed by atoms with van der Waals surface area (Å²) < 4.78 is 4.98. The van der Waals surface area contributed by atoms with Crippen LogP contribution in [-0.4, -0.2) is 47.9 Å². The average molecular weight is 634 g/mol. The second-order valence-electron chi connectivity index (χ2n) is 6.91. The molecule has 0 amide bonds. The van der Waals surface area contributed by atoms with E-state index in [2.05, 4.69) is 39.0 Å². The molecule has 1 aliphatic rings. The van der Waals surface area contributed by atoms with Gasteiger partial charge < -0.3 is 39.8 Å². The number of hydrogen-bond acceptors (Lipinski definition) is 6. The fraction of sp³-hybridized carbons (Fsp3) is 0.292. The number of anilines is 1. The molecule has 31 heavy (non-hydrogen) atoms. The second kappa shape index (κ2) is 13.9. The Bertz CT molecular complexity index is 822. The molecule has 0 unspecified atom stereocenters. The monoisotopic (exact) mass is 633 g/mol. The number of ether oxygens (including phenoxy) is 1. The number of piperazine rings is 1. The molecule has 3 aromatic rings. The first-order valence-electron chi connectivity index (χ1n) is 9.96. The van der Waals surface area contributed by atoms with Gasteiger partial charge in [-0.05, 0) is 42.8 Å². The van der Waals surface area contributed by atoms with E-state index >= 15 is 0 Å². The van der Waals surface area contributed by atoms with E-state index in [1.54, 1.807) is 7.11 Å². The van der Waals surface area contributed by atoms with Crippen molar-refractivity contribution in [2.45, 2.75) is 11.1 Å². The van der Waals surface area contributed by atoms with Gasteiger partial charge in [0.2, 0.25) is 0 Å². The standard InChI is InChI=1S/C12H18N2OS2.C12H10N.Au/c1-15-11-4-2-10(3-5-11)13-6-8-14(9-7-13)12(16)17;1-2-6-11(7-3-1)10-12-8-4-5-9-13-12;/h2-5,12,16-17H,6-9H2,1H3;1-6,8-9H,10H2;/q;-1;+3/p-2. The molecule has 166 valence electrons. The minimum Gasteiger partial charge on any atom is -0.800 e. The van der Waals surface area contributed by atoms with Crippen LogP contribution < -0.4 is 9.64 Å². The molecular weight excluding hydrogens is 607 g/mol. The second-order valence-corrected chi connectivity index (χ2v) is 8.11. The first kappa shape index (κ1) is 25.8. The van der Waals surface area contributed by atoms with Gasteiger partial charge >= 0.3 is 22.4 Å². The maximum atomic E-state index is 5.15. The van der Waals surface area contributed by atoms with E-state index in [0.717, 1.165) is 44.0 Å². The van der Waals surface area contributed by atoms with Crippen LogP contribution in [0.5, 0.6) is 5.75 Å². The van der Waals surface area contributed by atoms with E-state index in [1.807, 2.05) is 54.7 Å². The van der Waals surface area contributed by atoms with Crippen molar-refractivity contribution in [2.24, 2.45) is 0 Å². The number of pyridine rings is 1. The van der Waals surface area contributed by atoms with Gasteiger partial charge in [0.25, 0.3) is 0 Å². The summed E-state index contributed by atoms with van der Waals surface area (Å²) in [5.74, 6) is 0.892.